The Morgan fingerprint density at radius 3 is 2.33 bits per heavy atom. The Hall–Kier alpha value is -1.14. The van der Waals surface area contributed by atoms with Gasteiger partial charge in [0.25, 0.3) is 0 Å². The summed E-state index contributed by atoms with van der Waals surface area (Å²) in [6, 6.07) is -0.465. The number of nitrogens with one attached hydrogen (secondary N) is 1. The van der Waals surface area contributed by atoms with Gasteiger partial charge in [-0.3, -0.25) is 9.59 Å². The van der Waals surface area contributed by atoms with E-state index in [1.54, 1.807) is 4.90 Å². The Balaban J connectivity index is 1.46. The molecule has 2 aliphatic carbocycles. The van der Waals surface area contributed by atoms with Crippen LogP contribution < -0.4 is 16.8 Å². The van der Waals surface area contributed by atoms with Crippen molar-refractivity contribution in [2.45, 2.75) is 95.2 Å². The molecule has 1 saturated heterocycles. The second-order valence-electron chi connectivity index (χ2n) is 9.06. The van der Waals surface area contributed by atoms with Crippen molar-refractivity contribution in [1.29, 1.82) is 0 Å². The van der Waals surface area contributed by atoms with Gasteiger partial charge in [-0.1, -0.05) is 32.1 Å². The molecule has 3 aliphatic rings. The van der Waals surface area contributed by atoms with Crippen molar-refractivity contribution in [1.82, 2.24) is 10.2 Å². The minimum absolute atomic E-state index is 0.000545. The van der Waals surface area contributed by atoms with Crippen LogP contribution in [0.25, 0.3) is 0 Å². The molecule has 2 saturated carbocycles. The molecule has 0 unspecified atom stereocenters. The van der Waals surface area contributed by atoms with Crippen LogP contribution in [0.1, 0.15) is 77.0 Å². The maximum absolute atomic E-state index is 12.9. The van der Waals surface area contributed by atoms with Crippen molar-refractivity contribution in [3.8, 4) is 0 Å². The molecule has 0 aromatic rings. The van der Waals surface area contributed by atoms with Crippen molar-refractivity contribution in [2.24, 2.45) is 23.3 Å². The molecule has 1 aliphatic heterocycles. The van der Waals surface area contributed by atoms with E-state index in [4.69, 9.17) is 11.5 Å². The summed E-state index contributed by atoms with van der Waals surface area (Å²) in [7, 11) is 0. The van der Waals surface area contributed by atoms with Crippen molar-refractivity contribution in [2.75, 3.05) is 13.1 Å². The summed E-state index contributed by atoms with van der Waals surface area (Å²) in [4.78, 5) is 27.3. The van der Waals surface area contributed by atoms with Crippen molar-refractivity contribution >= 4 is 11.8 Å². The van der Waals surface area contributed by atoms with Gasteiger partial charge in [-0.2, -0.15) is 0 Å². The highest BCUT2D eigenvalue weighted by Crippen LogP contribution is 2.28. The summed E-state index contributed by atoms with van der Waals surface area (Å²) in [5.41, 5.74) is 12.2. The lowest BCUT2D eigenvalue weighted by Gasteiger charge is -2.30. The molecular weight excluding hydrogens is 340 g/mol. The predicted molar refractivity (Wildman–Crippen MR) is 107 cm³/mol. The summed E-state index contributed by atoms with van der Waals surface area (Å²) in [6.07, 6.45) is 12.9. The van der Waals surface area contributed by atoms with Gasteiger partial charge in [-0.05, 0) is 56.8 Å². The maximum Gasteiger partial charge on any atom is 0.242 e. The number of hydrogen-bond donors (Lipinski definition) is 3. The lowest BCUT2D eigenvalue weighted by atomic mass is 9.84. The second-order valence-corrected chi connectivity index (χ2v) is 9.06. The Bertz CT molecular complexity index is 498. The molecule has 2 amide bonds. The Labute approximate surface area is 163 Å². The minimum atomic E-state index is -0.457. The van der Waals surface area contributed by atoms with Gasteiger partial charge < -0.3 is 21.7 Å². The van der Waals surface area contributed by atoms with Crippen LogP contribution in [-0.4, -0.2) is 47.9 Å². The van der Waals surface area contributed by atoms with Gasteiger partial charge in [0.2, 0.25) is 11.8 Å². The third kappa shape index (κ3) is 5.67. The Morgan fingerprint density at radius 2 is 1.63 bits per heavy atom. The molecule has 6 heteroatoms. The summed E-state index contributed by atoms with van der Waals surface area (Å²) in [6.45, 7) is 1.37. The molecule has 0 aromatic heterocycles. The van der Waals surface area contributed by atoms with Gasteiger partial charge in [0.15, 0.2) is 0 Å². The fourth-order valence-electron chi connectivity index (χ4n) is 5.15. The topological polar surface area (TPSA) is 101 Å². The smallest absolute Gasteiger partial charge is 0.242 e. The molecule has 1 heterocycles. The third-order valence-corrected chi connectivity index (χ3v) is 6.92. The summed E-state index contributed by atoms with van der Waals surface area (Å²) < 4.78 is 0. The second kappa shape index (κ2) is 9.87. The number of rotatable bonds is 6. The van der Waals surface area contributed by atoms with E-state index in [2.05, 4.69) is 5.32 Å². The summed E-state index contributed by atoms with van der Waals surface area (Å²) in [5, 5.41) is 3.10. The van der Waals surface area contributed by atoms with Crippen LogP contribution >= 0.6 is 0 Å². The van der Waals surface area contributed by atoms with Gasteiger partial charge in [-0.25, -0.2) is 0 Å². The molecule has 0 spiro atoms. The third-order valence-electron chi connectivity index (χ3n) is 6.92. The van der Waals surface area contributed by atoms with E-state index in [-0.39, 0.29) is 17.9 Å². The average Bonchev–Trinajstić information content (AvgIpc) is 3.17. The molecule has 0 bridgehead atoms. The fourth-order valence-corrected chi connectivity index (χ4v) is 5.15. The first kappa shape index (κ1) is 20.6. The van der Waals surface area contributed by atoms with Crippen molar-refractivity contribution in [3.63, 3.8) is 0 Å². The molecule has 5 N–H and O–H groups in total. The van der Waals surface area contributed by atoms with Gasteiger partial charge >= 0.3 is 0 Å². The van der Waals surface area contributed by atoms with E-state index in [0.29, 0.717) is 31.0 Å². The Morgan fingerprint density at radius 1 is 0.926 bits per heavy atom. The molecule has 6 nitrogen and oxygen atoms in total. The minimum Gasteiger partial charge on any atom is -0.354 e. The number of hydrogen-bond acceptors (Lipinski definition) is 4. The lowest BCUT2D eigenvalue weighted by Crippen LogP contribution is -2.52. The Kier molecular flexibility index (Phi) is 7.53. The molecule has 0 radical (unpaired) electrons. The van der Waals surface area contributed by atoms with Crippen molar-refractivity contribution in [3.05, 3.63) is 0 Å². The van der Waals surface area contributed by atoms with E-state index < -0.39 is 6.04 Å². The zero-order valence-electron chi connectivity index (χ0n) is 16.7. The average molecular weight is 379 g/mol. The first-order chi connectivity index (χ1) is 13.0. The van der Waals surface area contributed by atoms with Crippen LogP contribution in [0.5, 0.6) is 0 Å². The van der Waals surface area contributed by atoms with E-state index in [1.165, 1.54) is 32.1 Å². The van der Waals surface area contributed by atoms with Crippen LogP contribution in [0.15, 0.2) is 0 Å². The maximum atomic E-state index is 12.9. The van der Waals surface area contributed by atoms with Gasteiger partial charge in [0.05, 0.1) is 6.04 Å². The summed E-state index contributed by atoms with van der Waals surface area (Å²) in [5.74, 6) is 1.07. The van der Waals surface area contributed by atoms with Crippen LogP contribution in [0, 0.1) is 11.8 Å². The molecule has 27 heavy (non-hydrogen) atoms. The van der Waals surface area contributed by atoms with Crippen LogP contribution in [0.4, 0.5) is 0 Å². The van der Waals surface area contributed by atoms with E-state index in [0.717, 1.165) is 44.9 Å². The highest BCUT2D eigenvalue weighted by Gasteiger charge is 2.37. The fraction of sp³-hybridized carbons (Fsp3) is 0.905. The van der Waals surface area contributed by atoms with Crippen LogP contribution in [0.2, 0.25) is 0 Å². The molecular formula is C21H38N4O2. The highest BCUT2D eigenvalue weighted by molar-refractivity contribution is 5.90. The molecule has 154 valence electrons. The summed E-state index contributed by atoms with van der Waals surface area (Å²) >= 11 is 0. The molecule has 2 atom stereocenters. The van der Waals surface area contributed by atoms with E-state index >= 15 is 0 Å². The number of nitrogens with two attached hydrogens (primary N) is 2. The molecule has 3 fully saturated rings. The quantitative estimate of drug-likeness (QED) is 0.657. The van der Waals surface area contributed by atoms with Crippen LogP contribution in [0.3, 0.4) is 0 Å². The van der Waals surface area contributed by atoms with Crippen molar-refractivity contribution < 1.29 is 9.59 Å². The number of nitrogens with zero attached hydrogens (tertiary/aromatic N) is 1. The van der Waals surface area contributed by atoms with Gasteiger partial charge in [-0.15, -0.1) is 0 Å². The predicted octanol–water partition coefficient (Wildman–Crippen LogP) is 1.91. The largest absolute Gasteiger partial charge is 0.354 e. The van der Waals surface area contributed by atoms with Gasteiger partial charge in [0, 0.05) is 19.1 Å². The number of carbonyl (C=O) groups excluding carboxylic acids is 2. The SMILES string of the molecule is NC1CCC(CNC(=O)[C@@H]2CCCN2C(=O)[C@H](N)CC2CCCCC2)CC1. The van der Waals surface area contributed by atoms with Gasteiger partial charge in [0.1, 0.15) is 6.04 Å². The lowest BCUT2D eigenvalue weighted by molar-refractivity contribution is -0.139. The molecule has 0 aromatic carbocycles. The highest BCUT2D eigenvalue weighted by atomic mass is 16.2. The standard InChI is InChI=1S/C21H38N4O2/c22-17-10-8-16(9-11-17)14-24-20(26)19-7-4-12-25(19)21(27)18(23)13-15-5-2-1-3-6-15/h15-19H,1-14,22-23H2,(H,24,26)/t16?,17?,18-,19+/m1/s1. The zero-order chi connectivity index (χ0) is 19.2. The van der Waals surface area contributed by atoms with Crippen LogP contribution in [-0.2, 0) is 9.59 Å². The zero-order valence-corrected chi connectivity index (χ0v) is 16.7. The first-order valence-corrected chi connectivity index (χ1v) is 11.1. The first-order valence-electron chi connectivity index (χ1n) is 11.1. The number of amides is 2. The number of carbonyl (C=O) groups is 2. The van der Waals surface area contributed by atoms with E-state index in [1.807, 2.05) is 0 Å². The van der Waals surface area contributed by atoms with E-state index in [9.17, 15) is 9.59 Å². The number of likely N-dealkylation sites (tertiary alicyclic amines) is 1. The monoisotopic (exact) mass is 378 g/mol. The molecule has 3 rings (SSSR count). The normalized spacial score (nSPS) is 30.9.